The molecule has 17 heavy (non-hydrogen) atoms. The molecule has 1 saturated carbocycles. The average Bonchev–Trinajstić information content (AvgIpc) is 2.39. The summed E-state index contributed by atoms with van der Waals surface area (Å²) in [5, 5.41) is 2.93. The van der Waals surface area contributed by atoms with Crippen LogP contribution in [0.4, 0.5) is 4.79 Å². The Morgan fingerprint density at radius 1 is 1.24 bits per heavy atom. The van der Waals surface area contributed by atoms with Gasteiger partial charge in [-0.1, -0.05) is 49.6 Å². The standard InChI is InChI=1S/C14H19NO2.H2/c16-14(15-13-9-5-2-6-10-13)17-11-12-7-3-1-4-8-12;/h1,3-4,7-8,13H,2,5-6,9-11H2,(H,15,16);1H. The summed E-state index contributed by atoms with van der Waals surface area (Å²) in [5.74, 6) is 0. The molecule has 0 bridgehead atoms. The Labute approximate surface area is 104 Å². The molecule has 1 amide bonds. The van der Waals surface area contributed by atoms with Gasteiger partial charge in [-0.25, -0.2) is 4.79 Å². The van der Waals surface area contributed by atoms with Crippen LogP contribution in [-0.2, 0) is 11.3 Å². The van der Waals surface area contributed by atoms with Crippen LogP contribution in [0.25, 0.3) is 0 Å². The molecule has 1 aromatic rings. The smallest absolute Gasteiger partial charge is 0.407 e. The summed E-state index contributed by atoms with van der Waals surface area (Å²) in [6, 6.07) is 10.1. The molecule has 3 nitrogen and oxygen atoms in total. The second kappa shape index (κ2) is 6.28. The van der Waals surface area contributed by atoms with Crippen LogP contribution < -0.4 is 5.32 Å². The Balaban J connectivity index is 0.00000162. The van der Waals surface area contributed by atoms with Crippen LogP contribution in [0.5, 0.6) is 0 Å². The molecule has 0 aromatic heterocycles. The topological polar surface area (TPSA) is 38.3 Å². The quantitative estimate of drug-likeness (QED) is 0.870. The highest BCUT2D eigenvalue weighted by Gasteiger charge is 2.16. The van der Waals surface area contributed by atoms with Gasteiger partial charge in [-0.2, -0.15) is 0 Å². The Morgan fingerprint density at radius 2 is 1.94 bits per heavy atom. The van der Waals surface area contributed by atoms with Gasteiger partial charge in [0.15, 0.2) is 0 Å². The Kier molecular flexibility index (Phi) is 4.42. The van der Waals surface area contributed by atoms with E-state index < -0.39 is 0 Å². The van der Waals surface area contributed by atoms with Crippen LogP contribution in [0.1, 0.15) is 39.1 Å². The minimum atomic E-state index is -0.291. The lowest BCUT2D eigenvalue weighted by atomic mass is 9.96. The molecular formula is C14H21NO2. The van der Waals surface area contributed by atoms with E-state index in [9.17, 15) is 4.79 Å². The third kappa shape index (κ3) is 4.10. The van der Waals surface area contributed by atoms with E-state index in [4.69, 9.17) is 4.74 Å². The van der Waals surface area contributed by atoms with E-state index in [1.54, 1.807) is 0 Å². The number of nitrogens with one attached hydrogen (secondary N) is 1. The third-order valence-corrected chi connectivity index (χ3v) is 3.14. The molecule has 0 atom stereocenters. The Hall–Kier alpha value is -1.51. The number of rotatable bonds is 3. The highest BCUT2D eigenvalue weighted by molar-refractivity contribution is 5.67. The molecule has 1 aromatic carbocycles. The minimum Gasteiger partial charge on any atom is -0.445 e. The van der Waals surface area contributed by atoms with E-state index in [2.05, 4.69) is 5.32 Å². The number of alkyl carbamates (subject to hydrolysis) is 1. The first-order valence-electron chi connectivity index (χ1n) is 6.32. The maximum atomic E-state index is 11.6. The van der Waals surface area contributed by atoms with Crippen LogP contribution in [0, 0.1) is 0 Å². The SMILES string of the molecule is O=C(NC1CCCCC1)OCc1ccccc1.[HH]. The van der Waals surface area contributed by atoms with Crippen LogP contribution >= 0.6 is 0 Å². The van der Waals surface area contributed by atoms with Gasteiger partial charge in [0.2, 0.25) is 0 Å². The fourth-order valence-corrected chi connectivity index (χ4v) is 2.18. The van der Waals surface area contributed by atoms with Gasteiger partial charge in [-0.05, 0) is 18.4 Å². The molecule has 1 N–H and O–H groups in total. The summed E-state index contributed by atoms with van der Waals surface area (Å²) >= 11 is 0. The molecule has 0 aliphatic heterocycles. The van der Waals surface area contributed by atoms with Crippen LogP contribution in [0.3, 0.4) is 0 Å². The molecule has 0 saturated heterocycles. The zero-order chi connectivity index (χ0) is 11.9. The second-order valence-electron chi connectivity index (χ2n) is 4.54. The highest BCUT2D eigenvalue weighted by atomic mass is 16.5. The molecule has 3 heteroatoms. The van der Waals surface area contributed by atoms with E-state index in [1.807, 2.05) is 30.3 Å². The van der Waals surface area contributed by atoms with Gasteiger partial charge in [0.1, 0.15) is 6.61 Å². The zero-order valence-electron chi connectivity index (χ0n) is 10.0. The van der Waals surface area contributed by atoms with Gasteiger partial charge in [-0.3, -0.25) is 0 Å². The van der Waals surface area contributed by atoms with Crippen molar-refractivity contribution in [3.8, 4) is 0 Å². The Bertz CT molecular complexity index is 350. The first-order valence-corrected chi connectivity index (χ1v) is 6.32. The summed E-state index contributed by atoms with van der Waals surface area (Å²) in [6.07, 6.45) is 5.59. The monoisotopic (exact) mass is 235 g/mol. The van der Waals surface area contributed by atoms with Crippen molar-refractivity contribution in [2.24, 2.45) is 0 Å². The largest absolute Gasteiger partial charge is 0.445 e. The molecule has 0 unspecified atom stereocenters. The maximum Gasteiger partial charge on any atom is 0.407 e. The Morgan fingerprint density at radius 3 is 2.65 bits per heavy atom. The number of ether oxygens (including phenoxy) is 1. The van der Waals surface area contributed by atoms with Crippen LogP contribution in [0.2, 0.25) is 0 Å². The number of amides is 1. The predicted molar refractivity (Wildman–Crippen MR) is 68.7 cm³/mol. The van der Waals surface area contributed by atoms with Gasteiger partial charge in [-0.15, -0.1) is 0 Å². The fraction of sp³-hybridized carbons (Fsp3) is 0.500. The lowest BCUT2D eigenvalue weighted by molar-refractivity contribution is 0.133. The predicted octanol–water partition coefficient (Wildman–Crippen LogP) is 3.49. The summed E-state index contributed by atoms with van der Waals surface area (Å²) in [7, 11) is 0. The third-order valence-electron chi connectivity index (χ3n) is 3.14. The van der Waals surface area contributed by atoms with Crippen molar-refractivity contribution in [1.29, 1.82) is 0 Å². The van der Waals surface area contributed by atoms with Gasteiger partial charge >= 0.3 is 6.09 Å². The maximum absolute atomic E-state index is 11.6. The summed E-state index contributed by atoms with van der Waals surface area (Å²) < 4.78 is 5.18. The van der Waals surface area contributed by atoms with E-state index in [1.165, 1.54) is 19.3 Å². The van der Waals surface area contributed by atoms with E-state index >= 15 is 0 Å². The van der Waals surface area contributed by atoms with E-state index in [0.29, 0.717) is 12.6 Å². The molecule has 2 rings (SSSR count). The van der Waals surface area contributed by atoms with Crippen LogP contribution in [0.15, 0.2) is 30.3 Å². The van der Waals surface area contributed by atoms with Crippen molar-refractivity contribution in [2.45, 2.75) is 44.8 Å². The number of hydrogen-bond acceptors (Lipinski definition) is 2. The molecular weight excluding hydrogens is 214 g/mol. The molecule has 94 valence electrons. The molecule has 1 aliphatic rings. The van der Waals surface area contributed by atoms with Crippen molar-refractivity contribution in [3.05, 3.63) is 35.9 Å². The number of carbonyl (C=O) groups is 1. The lowest BCUT2D eigenvalue weighted by Crippen LogP contribution is -2.36. The first-order chi connectivity index (χ1) is 8.34. The summed E-state index contributed by atoms with van der Waals surface area (Å²) in [5.41, 5.74) is 1.02. The number of hydrogen-bond donors (Lipinski definition) is 1. The highest BCUT2D eigenvalue weighted by Crippen LogP contribution is 2.17. The normalized spacial score (nSPS) is 16.5. The number of benzene rings is 1. The zero-order valence-corrected chi connectivity index (χ0v) is 10.0. The average molecular weight is 235 g/mol. The summed E-state index contributed by atoms with van der Waals surface area (Å²) in [4.78, 5) is 11.6. The van der Waals surface area contributed by atoms with Crippen molar-refractivity contribution >= 4 is 6.09 Å². The molecule has 1 aliphatic carbocycles. The minimum absolute atomic E-state index is 0. The molecule has 0 radical (unpaired) electrons. The van der Waals surface area contributed by atoms with Gasteiger partial charge in [0.25, 0.3) is 0 Å². The lowest BCUT2D eigenvalue weighted by Gasteiger charge is -2.22. The molecule has 0 spiro atoms. The van der Waals surface area contributed by atoms with Crippen molar-refractivity contribution in [3.63, 3.8) is 0 Å². The van der Waals surface area contributed by atoms with Gasteiger partial charge in [0.05, 0.1) is 0 Å². The molecule has 1 fully saturated rings. The van der Waals surface area contributed by atoms with E-state index in [-0.39, 0.29) is 7.52 Å². The van der Waals surface area contributed by atoms with Crippen molar-refractivity contribution in [2.75, 3.05) is 0 Å². The van der Waals surface area contributed by atoms with Crippen LogP contribution in [-0.4, -0.2) is 12.1 Å². The van der Waals surface area contributed by atoms with Gasteiger partial charge < -0.3 is 10.1 Å². The van der Waals surface area contributed by atoms with Crippen molar-refractivity contribution in [1.82, 2.24) is 5.32 Å². The van der Waals surface area contributed by atoms with E-state index in [0.717, 1.165) is 18.4 Å². The first kappa shape index (κ1) is 12.0. The molecule has 0 heterocycles. The van der Waals surface area contributed by atoms with Crippen molar-refractivity contribution < 1.29 is 11.0 Å². The fourth-order valence-electron chi connectivity index (χ4n) is 2.18. The van der Waals surface area contributed by atoms with Gasteiger partial charge in [0, 0.05) is 7.47 Å². The summed E-state index contributed by atoms with van der Waals surface area (Å²) in [6.45, 7) is 0.347. The second-order valence-corrected chi connectivity index (χ2v) is 4.54. The number of carbonyl (C=O) groups excluding carboxylic acids is 1.